The molecule has 8 nitrogen and oxygen atoms in total. The number of hydrogen-bond donors (Lipinski definition) is 2. The summed E-state index contributed by atoms with van der Waals surface area (Å²) < 4.78 is 7.21. The molecule has 0 spiro atoms. The number of aromatic carboxylic acids is 1. The molecule has 0 atom stereocenters. The van der Waals surface area contributed by atoms with E-state index in [1.807, 2.05) is 28.8 Å². The van der Waals surface area contributed by atoms with Crippen molar-refractivity contribution in [2.24, 2.45) is 0 Å². The van der Waals surface area contributed by atoms with Crippen molar-refractivity contribution in [1.29, 1.82) is 0 Å². The summed E-state index contributed by atoms with van der Waals surface area (Å²) in [7, 11) is 1.50. The van der Waals surface area contributed by atoms with Gasteiger partial charge in [0.1, 0.15) is 11.3 Å². The van der Waals surface area contributed by atoms with Gasteiger partial charge in [-0.3, -0.25) is 19.8 Å². The molecule has 0 unspecified atom stereocenters. The molecule has 0 saturated carbocycles. The number of likely N-dealkylation sites (N-methyl/N-ethyl adjacent to an activating group) is 1. The second kappa shape index (κ2) is 7.02. The van der Waals surface area contributed by atoms with Crippen molar-refractivity contribution in [3.63, 3.8) is 0 Å². The molecule has 29 heavy (non-hydrogen) atoms. The Morgan fingerprint density at radius 3 is 2.72 bits per heavy atom. The number of furan rings is 1. The molecule has 3 aromatic rings. The van der Waals surface area contributed by atoms with Gasteiger partial charge in [-0.05, 0) is 36.5 Å². The Hall–Kier alpha value is -3.72. The van der Waals surface area contributed by atoms with Crippen molar-refractivity contribution in [3.8, 4) is 0 Å². The topological polar surface area (TPSA) is 105 Å². The van der Waals surface area contributed by atoms with E-state index in [0.717, 1.165) is 10.9 Å². The van der Waals surface area contributed by atoms with E-state index in [1.165, 1.54) is 24.1 Å². The van der Waals surface area contributed by atoms with Crippen LogP contribution in [0.3, 0.4) is 0 Å². The summed E-state index contributed by atoms with van der Waals surface area (Å²) in [6.07, 6.45) is 3.31. The minimum Gasteiger partial charge on any atom is -0.475 e. The lowest BCUT2D eigenvalue weighted by atomic mass is 10.1. The third-order valence-electron chi connectivity index (χ3n) is 4.62. The van der Waals surface area contributed by atoms with Crippen LogP contribution in [0.15, 0.2) is 52.6 Å². The number of aromatic nitrogens is 1. The molecule has 1 fully saturated rings. The Balaban J connectivity index is 1.76. The highest BCUT2D eigenvalue weighted by molar-refractivity contribution is 7.80. The quantitative estimate of drug-likeness (QED) is 0.389. The lowest BCUT2D eigenvalue weighted by molar-refractivity contribution is -0.128. The molecule has 1 aliphatic heterocycles. The number of carboxylic acid groups (broad SMARTS) is 1. The minimum atomic E-state index is -1.14. The van der Waals surface area contributed by atoms with Crippen molar-refractivity contribution in [3.05, 3.63) is 65.3 Å². The first-order valence-electron chi connectivity index (χ1n) is 8.60. The lowest BCUT2D eigenvalue weighted by Gasteiger charge is -2.24. The molecule has 2 aromatic heterocycles. The Bertz CT molecular complexity index is 1220. The van der Waals surface area contributed by atoms with E-state index >= 15 is 0 Å². The highest BCUT2D eigenvalue weighted by Crippen LogP contribution is 2.26. The summed E-state index contributed by atoms with van der Waals surface area (Å²) in [6, 6.07) is 10.5. The second-order valence-corrected chi connectivity index (χ2v) is 6.87. The van der Waals surface area contributed by atoms with Gasteiger partial charge in [-0.2, -0.15) is 0 Å². The maximum atomic E-state index is 12.5. The molecule has 0 aliphatic carbocycles. The molecule has 1 aromatic carbocycles. The van der Waals surface area contributed by atoms with Crippen LogP contribution in [0.4, 0.5) is 0 Å². The fraction of sp³-hybridized carbons (Fsp3) is 0.100. The van der Waals surface area contributed by atoms with E-state index < -0.39 is 17.8 Å². The molecular formula is C20H15N3O5S. The van der Waals surface area contributed by atoms with Crippen molar-refractivity contribution >= 4 is 52.1 Å². The normalized spacial score (nSPS) is 16.0. The number of carbonyl (C=O) groups is 3. The summed E-state index contributed by atoms with van der Waals surface area (Å²) in [6.45, 7) is 0.293. The first-order chi connectivity index (χ1) is 13.8. The van der Waals surface area contributed by atoms with Crippen LogP contribution >= 0.6 is 12.2 Å². The molecule has 0 bridgehead atoms. The Kier molecular flexibility index (Phi) is 4.51. The van der Waals surface area contributed by atoms with E-state index in [0.29, 0.717) is 17.9 Å². The predicted octanol–water partition coefficient (Wildman–Crippen LogP) is 2.24. The van der Waals surface area contributed by atoms with Gasteiger partial charge in [0.25, 0.3) is 11.8 Å². The number of nitrogens with one attached hydrogen (secondary N) is 1. The molecule has 4 rings (SSSR count). The van der Waals surface area contributed by atoms with Gasteiger partial charge in [0, 0.05) is 29.7 Å². The zero-order valence-electron chi connectivity index (χ0n) is 15.2. The molecular weight excluding hydrogens is 394 g/mol. The Labute approximate surface area is 170 Å². The van der Waals surface area contributed by atoms with E-state index in [-0.39, 0.29) is 16.4 Å². The monoisotopic (exact) mass is 409 g/mol. The third-order valence-corrected chi connectivity index (χ3v) is 5.00. The zero-order chi connectivity index (χ0) is 20.7. The molecule has 9 heteroatoms. The van der Waals surface area contributed by atoms with Crippen molar-refractivity contribution in [1.82, 2.24) is 14.8 Å². The number of fused-ring (bicyclic) bond motifs is 1. The van der Waals surface area contributed by atoms with E-state index in [9.17, 15) is 14.4 Å². The number of benzene rings is 1. The molecule has 1 saturated heterocycles. The number of carboxylic acids is 1. The number of nitrogens with zero attached hydrogens (tertiary/aromatic N) is 2. The predicted molar refractivity (Wildman–Crippen MR) is 108 cm³/mol. The number of thiocarbonyl (C=S) groups is 1. The van der Waals surface area contributed by atoms with E-state index in [2.05, 4.69) is 5.32 Å². The smallest absolute Gasteiger partial charge is 0.371 e. The van der Waals surface area contributed by atoms with Gasteiger partial charge in [-0.25, -0.2) is 4.79 Å². The first-order valence-corrected chi connectivity index (χ1v) is 9.01. The second-order valence-electron chi connectivity index (χ2n) is 6.48. The third kappa shape index (κ3) is 3.32. The van der Waals surface area contributed by atoms with Crippen LogP contribution in [-0.2, 0) is 16.1 Å². The minimum absolute atomic E-state index is 0.0184. The first kappa shape index (κ1) is 18.6. The summed E-state index contributed by atoms with van der Waals surface area (Å²) in [5.41, 5.74) is 1.50. The Morgan fingerprint density at radius 2 is 2.00 bits per heavy atom. The van der Waals surface area contributed by atoms with Gasteiger partial charge < -0.3 is 14.1 Å². The van der Waals surface area contributed by atoms with Crippen LogP contribution in [0.2, 0.25) is 0 Å². The zero-order valence-corrected chi connectivity index (χ0v) is 16.0. The number of para-hydroxylation sites is 1. The lowest BCUT2D eigenvalue weighted by Crippen LogP contribution is -2.52. The summed E-state index contributed by atoms with van der Waals surface area (Å²) in [4.78, 5) is 37.0. The maximum absolute atomic E-state index is 12.5. The van der Waals surface area contributed by atoms with Crippen LogP contribution < -0.4 is 5.32 Å². The SMILES string of the molecule is CN1C(=O)C(=Cc2cn(Cc3ccc(C(=O)O)o3)c3ccccc23)C(=O)NC1=S. The van der Waals surface area contributed by atoms with Gasteiger partial charge in [0.15, 0.2) is 5.11 Å². The van der Waals surface area contributed by atoms with Gasteiger partial charge in [-0.1, -0.05) is 18.2 Å². The van der Waals surface area contributed by atoms with Gasteiger partial charge in [-0.15, -0.1) is 0 Å². The van der Waals surface area contributed by atoms with E-state index in [4.69, 9.17) is 21.7 Å². The van der Waals surface area contributed by atoms with Crippen LogP contribution in [0.5, 0.6) is 0 Å². The molecule has 2 N–H and O–H groups in total. The molecule has 2 amide bonds. The molecule has 1 aliphatic rings. The number of rotatable bonds is 4. The van der Waals surface area contributed by atoms with E-state index in [1.54, 1.807) is 12.3 Å². The average Bonchev–Trinajstić information content (AvgIpc) is 3.29. The van der Waals surface area contributed by atoms with Crippen molar-refractivity contribution in [2.75, 3.05) is 7.05 Å². The highest BCUT2D eigenvalue weighted by Gasteiger charge is 2.31. The summed E-state index contributed by atoms with van der Waals surface area (Å²) in [5.74, 6) is -1.83. The molecule has 0 radical (unpaired) electrons. The van der Waals surface area contributed by atoms with Gasteiger partial charge in [0.2, 0.25) is 5.76 Å². The van der Waals surface area contributed by atoms with Crippen LogP contribution in [-0.4, -0.2) is 44.5 Å². The number of hydrogen-bond acceptors (Lipinski definition) is 5. The standard InChI is InChI=1S/C20H15N3O5S/c1-22-18(25)14(17(24)21-20(22)29)8-11-9-23(15-5-3-2-4-13(11)15)10-12-6-7-16(28-12)19(26)27/h2-9H,10H2,1H3,(H,26,27)(H,21,24,29). The van der Waals surface area contributed by atoms with Crippen LogP contribution in [0.25, 0.3) is 17.0 Å². The van der Waals surface area contributed by atoms with Crippen molar-refractivity contribution in [2.45, 2.75) is 6.54 Å². The highest BCUT2D eigenvalue weighted by atomic mass is 32.1. The largest absolute Gasteiger partial charge is 0.475 e. The summed E-state index contributed by atoms with van der Waals surface area (Å²) in [5, 5.41) is 12.4. The van der Waals surface area contributed by atoms with Gasteiger partial charge >= 0.3 is 5.97 Å². The Morgan fingerprint density at radius 1 is 1.24 bits per heavy atom. The van der Waals surface area contributed by atoms with Crippen LogP contribution in [0.1, 0.15) is 21.9 Å². The van der Waals surface area contributed by atoms with Crippen molar-refractivity contribution < 1.29 is 23.9 Å². The summed E-state index contributed by atoms with van der Waals surface area (Å²) >= 11 is 4.96. The fourth-order valence-corrected chi connectivity index (χ4v) is 3.34. The van der Waals surface area contributed by atoms with Crippen LogP contribution in [0, 0.1) is 0 Å². The average molecular weight is 409 g/mol. The maximum Gasteiger partial charge on any atom is 0.371 e. The molecule has 146 valence electrons. The molecule has 3 heterocycles. The number of amides is 2. The van der Waals surface area contributed by atoms with Gasteiger partial charge in [0.05, 0.1) is 6.54 Å². The fourth-order valence-electron chi connectivity index (χ4n) is 3.17. The number of carbonyl (C=O) groups excluding carboxylic acids is 2.